The molecule has 2 heterocycles. The third-order valence-electron chi connectivity index (χ3n) is 6.11. The minimum absolute atomic E-state index is 0.143. The van der Waals surface area contributed by atoms with Crippen molar-refractivity contribution in [3.63, 3.8) is 0 Å². The van der Waals surface area contributed by atoms with Crippen molar-refractivity contribution >= 4 is 63.2 Å². The molecule has 1 aliphatic rings. The van der Waals surface area contributed by atoms with Crippen molar-refractivity contribution in [2.24, 2.45) is 13.0 Å². The Morgan fingerprint density at radius 3 is 2.86 bits per heavy atom. The smallest absolute Gasteiger partial charge is 0.341 e. The molecule has 0 bridgehead atoms. The van der Waals surface area contributed by atoms with Gasteiger partial charge in [-0.3, -0.25) is 4.79 Å². The molecule has 4 rings (SSSR count). The fourth-order valence-corrected chi connectivity index (χ4v) is 6.75. The summed E-state index contributed by atoms with van der Waals surface area (Å²) in [5, 5.41) is 13.6. The van der Waals surface area contributed by atoms with Crippen LogP contribution in [0.15, 0.2) is 23.4 Å². The number of amides is 1. The number of methoxy groups -OCH3 is 1. The van der Waals surface area contributed by atoms with Gasteiger partial charge in [-0.1, -0.05) is 41.9 Å². The lowest BCUT2D eigenvalue weighted by Gasteiger charge is -2.18. The summed E-state index contributed by atoms with van der Waals surface area (Å²) in [6.07, 6.45) is 4.12. The molecule has 0 saturated heterocycles. The highest BCUT2D eigenvalue weighted by Crippen LogP contribution is 2.40. The predicted octanol–water partition coefficient (Wildman–Crippen LogP) is 5.84. The normalized spacial score (nSPS) is 14.8. The van der Waals surface area contributed by atoms with Crippen molar-refractivity contribution in [1.82, 2.24) is 14.8 Å². The van der Waals surface area contributed by atoms with Crippen LogP contribution < -0.4 is 10.1 Å². The first kappa shape index (κ1) is 27.8. The first-order valence-corrected chi connectivity index (χ1v) is 14.4. The summed E-state index contributed by atoms with van der Waals surface area (Å²) in [7, 11) is 3.24. The molecule has 1 N–H and O–H groups in total. The lowest BCUT2D eigenvalue weighted by atomic mass is 9.88. The first-order valence-electron chi connectivity index (χ1n) is 11.9. The van der Waals surface area contributed by atoms with Crippen LogP contribution in [-0.4, -0.2) is 46.1 Å². The lowest BCUT2D eigenvalue weighted by Crippen LogP contribution is -2.17. The predicted molar refractivity (Wildman–Crippen MR) is 147 cm³/mol. The van der Waals surface area contributed by atoms with E-state index in [9.17, 15) is 9.59 Å². The Bertz CT molecular complexity index is 1290. The number of rotatable bonds is 10. The maximum Gasteiger partial charge on any atom is 0.341 e. The van der Waals surface area contributed by atoms with Crippen LogP contribution in [0.3, 0.4) is 0 Å². The number of thiophene rings is 1. The number of carbonyl (C=O) groups excluding carboxylic acids is 2. The summed E-state index contributed by atoms with van der Waals surface area (Å²) in [5.41, 5.74) is 1.51. The number of nitrogens with one attached hydrogen (secondary N) is 1. The van der Waals surface area contributed by atoms with E-state index in [1.807, 2.05) is 11.6 Å². The van der Waals surface area contributed by atoms with Crippen LogP contribution in [0.4, 0.5) is 5.00 Å². The van der Waals surface area contributed by atoms with E-state index in [1.165, 1.54) is 30.2 Å². The molecular weight excluding hydrogens is 555 g/mol. The van der Waals surface area contributed by atoms with Gasteiger partial charge in [0.2, 0.25) is 5.91 Å². The van der Waals surface area contributed by atoms with Gasteiger partial charge >= 0.3 is 5.97 Å². The monoisotopic (exact) mass is 582 g/mol. The molecule has 0 fully saturated rings. The second-order valence-electron chi connectivity index (χ2n) is 8.87. The highest BCUT2D eigenvalue weighted by Gasteiger charge is 2.29. The highest BCUT2D eigenvalue weighted by molar-refractivity contribution is 7.99. The van der Waals surface area contributed by atoms with E-state index < -0.39 is 5.97 Å². The molecule has 37 heavy (non-hydrogen) atoms. The van der Waals surface area contributed by atoms with Gasteiger partial charge in [0.25, 0.3) is 0 Å². The Kier molecular flexibility index (Phi) is 9.39. The molecule has 1 unspecified atom stereocenters. The van der Waals surface area contributed by atoms with Gasteiger partial charge in [0, 0.05) is 23.4 Å². The maximum atomic E-state index is 12.8. The fourth-order valence-electron chi connectivity index (χ4n) is 4.14. The Labute approximate surface area is 234 Å². The number of aryl methyl sites for hydroxylation is 1. The van der Waals surface area contributed by atoms with Crippen LogP contribution in [0.5, 0.6) is 5.75 Å². The van der Waals surface area contributed by atoms with Gasteiger partial charge in [-0.05, 0) is 55.4 Å². The van der Waals surface area contributed by atoms with Crippen LogP contribution in [0, 0.1) is 5.92 Å². The van der Waals surface area contributed by atoms with E-state index in [0.29, 0.717) is 56.9 Å². The number of halogens is 2. The van der Waals surface area contributed by atoms with Crippen LogP contribution in [0.2, 0.25) is 10.0 Å². The van der Waals surface area contributed by atoms with Gasteiger partial charge in [-0.25, -0.2) is 4.79 Å². The molecule has 1 aromatic carbocycles. The van der Waals surface area contributed by atoms with Crippen LogP contribution in [0.1, 0.15) is 46.4 Å². The number of ether oxygens (including phenoxy) is 2. The van der Waals surface area contributed by atoms with E-state index >= 15 is 0 Å². The number of hydrogen-bond acceptors (Lipinski definition) is 8. The van der Waals surface area contributed by atoms with E-state index in [-0.39, 0.29) is 11.7 Å². The molecule has 8 nitrogen and oxygen atoms in total. The molecule has 0 saturated carbocycles. The number of benzene rings is 1. The molecule has 1 atom stereocenters. The summed E-state index contributed by atoms with van der Waals surface area (Å²) in [5.74, 6) is 1.46. The zero-order chi connectivity index (χ0) is 26.5. The van der Waals surface area contributed by atoms with Gasteiger partial charge in [0.05, 0.1) is 30.1 Å². The van der Waals surface area contributed by atoms with E-state index in [2.05, 4.69) is 22.4 Å². The molecule has 12 heteroatoms. The maximum absolute atomic E-state index is 12.8. The zero-order valence-corrected chi connectivity index (χ0v) is 24.0. The Morgan fingerprint density at radius 2 is 2.11 bits per heavy atom. The minimum atomic E-state index is -0.407. The third kappa shape index (κ3) is 6.79. The van der Waals surface area contributed by atoms with E-state index in [1.54, 1.807) is 18.2 Å². The summed E-state index contributed by atoms with van der Waals surface area (Å²) in [4.78, 5) is 26.4. The quantitative estimate of drug-likeness (QED) is 0.182. The van der Waals surface area contributed by atoms with Crippen molar-refractivity contribution < 1.29 is 19.1 Å². The number of fused-ring (bicyclic) bond motifs is 1. The molecule has 1 amide bonds. The van der Waals surface area contributed by atoms with Crippen molar-refractivity contribution in [3.8, 4) is 5.75 Å². The average Bonchev–Trinajstić information content (AvgIpc) is 3.39. The minimum Gasteiger partial charge on any atom is -0.492 e. The van der Waals surface area contributed by atoms with Crippen LogP contribution >= 0.6 is 46.3 Å². The lowest BCUT2D eigenvalue weighted by molar-refractivity contribution is -0.113. The number of nitrogens with zero attached hydrogens (tertiary/aromatic N) is 3. The van der Waals surface area contributed by atoms with Crippen molar-refractivity contribution in [2.45, 2.75) is 44.2 Å². The molecule has 2 aromatic heterocycles. The standard InChI is InChI=1S/C25H28Cl2N4O4S2/c1-14-6-8-16-19(11-14)37-23(22(16)24(33)34-3)28-21(32)13-36-25-30-29-20(31(25)2)5-4-10-35-18-9-7-15(26)12-17(18)27/h7,9,12,14H,4-6,8,10-11,13H2,1-3H3,(H,28,32). The first-order chi connectivity index (χ1) is 17.8. The van der Waals surface area contributed by atoms with Gasteiger partial charge < -0.3 is 19.4 Å². The zero-order valence-electron chi connectivity index (χ0n) is 20.8. The highest BCUT2D eigenvalue weighted by atomic mass is 35.5. The Balaban J connectivity index is 1.30. The average molecular weight is 584 g/mol. The molecule has 3 aromatic rings. The molecule has 0 aliphatic heterocycles. The number of anilines is 1. The largest absolute Gasteiger partial charge is 0.492 e. The second kappa shape index (κ2) is 12.5. The number of thioether (sulfide) groups is 1. The number of aromatic nitrogens is 3. The van der Waals surface area contributed by atoms with E-state index in [0.717, 1.165) is 35.5 Å². The Hall–Kier alpha value is -2.27. The summed E-state index contributed by atoms with van der Waals surface area (Å²) in [6, 6.07) is 5.12. The third-order valence-corrected chi connectivity index (χ3v) is 8.83. The summed E-state index contributed by atoms with van der Waals surface area (Å²) < 4.78 is 12.6. The van der Waals surface area contributed by atoms with Crippen molar-refractivity contribution in [2.75, 3.05) is 24.8 Å². The molecule has 1 aliphatic carbocycles. The van der Waals surface area contributed by atoms with Gasteiger partial charge in [0.15, 0.2) is 5.16 Å². The van der Waals surface area contributed by atoms with Crippen LogP contribution in [0.25, 0.3) is 0 Å². The van der Waals surface area contributed by atoms with Crippen molar-refractivity contribution in [3.05, 3.63) is 50.1 Å². The van der Waals surface area contributed by atoms with E-state index in [4.69, 9.17) is 32.7 Å². The number of carbonyl (C=O) groups is 2. The van der Waals surface area contributed by atoms with Crippen molar-refractivity contribution in [1.29, 1.82) is 0 Å². The van der Waals surface area contributed by atoms with Gasteiger partial charge in [0.1, 0.15) is 16.6 Å². The van der Waals surface area contributed by atoms with Gasteiger partial charge in [-0.2, -0.15) is 0 Å². The number of hydrogen-bond donors (Lipinski definition) is 1. The van der Waals surface area contributed by atoms with Crippen LogP contribution in [-0.2, 0) is 35.8 Å². The summed E-state index contributed by atoms with van der Waals surface area (Å²) >= 11 is 14.8. The molecule has 0 radical (unpaired) electrons. The molecular formula is C25H28Cl2N4O4S2. The summed E-state index contributed by atoms with van der Waals surface area (Å²) in [6.45, 7) is 2.66. The fraction of sp³-hybridized carbons (Fsp3) is 0.440. The molecule has 198 valence electrons. The SMILES string of the molecule is COC(=O)c1c(NC(=O)CSc2nnc(CCCOc3ccc(Cl)cc3Cl)n2C)sc2c1CCC(C)C2. The molecule has 0 spiro atoms. The second-order valence-corrected chi connectivity index (χ2v) is 11.8. The van der Waals surface area contributed by atoms with Gasteiger partial charge in [-0.15, -0.1) is 21.5 Å². The Morgan fingerprint density at radius 1 is 1.30 bits per heavy atom. The number of esters is 1. The topological polar surface area (TPSA) is 95.3 Å².